The summed E-state index contributed by atoms with van der Waals surface area (Å²) in [5.74, 6) is 0. The Labute approximate surface area is 254 Å². The Bertz CT molecular complexity index is 1510. The van der Waals surface area contributed by atoms with Crippen molar-refractivity contribution in [2.45, 2.75) is 44.6 Å². The summed E-state index contributed by atoms with van der Waals surface area (Å²) in [6, 6.07) is 23.7. The van der Waals surface area contributed by atoms with Gasteiger partial charge in [-0.1, -0.05) is 103 Å². The SMILES string of the molecule is C=CCOC(=O)NCc1cccc(-c2ccc([C@H]3O[C@@H](Cn4cnc(Cl)c4Cl)C[C@@H](c4ccc(CO)cc4)O3)cc2)c1. The fraction of sp³-hybridized carbons (Fsp3) is 0.250. The molecule has 1 saturated heterocycles. The summed E-state index contributed by atoms with van der Waals surface area (Å²) in [5, 5.41) is 12.8. The van der Waals surface area contributed by atoms with Crippen LogP contribution < -0.4 is 5.32 Å². The lowest BCUT2D eigenvalue weighted by atomic mass is 9.99. The van der Waals surface area contributed by atoms with Crippen molar-refractivity contribution in [1.82, 2.24) is 14.9 Å². The Hall–Kier alpha value is -3.66. The van der Waals surface area contributed by atoms with Crippen molar-refractivity contribution in [3.63, 3.8) is 0 Å². The third-order valence-electron chi connectivity index (χ3n) is 6.96. The maximum Gasteiger partial charge on any atom is 0.407 e. The molecule has 5 rings (SSSR count). The van der Waals surface area contributed by atoms with Gasteiger partial charge in [0.1, 0.15) is 11.8 Å². The van der Waals surface area contributed by atoms with Crippen molar-refractivity contribution in [3.05, 3.63) is 124 Å². The van der Waals surface area contributed by atoms with Gasteiger partial charge in [-0.3, -0.25) is 0 Å². The van der Waals surface area contributed by atoms with Crippen LogP contribution in [0.4, 0.5) is 4.79 Å². The molecule has 1 aromatic heterocycles. The van der Waals surface area contributed by atoms with Crippen molar-refractivity contribution in [3.8, 4) is 11.1 Å². The third-order valence-corrected chi connectivity index (χ3v) is 7.73. The predicted molar refractivity (Wildman–Crippen MR) is 161 cm³/mol. The number of carbonyl (C=O) groups is 1. The van der Waals surface area contributed by atoms with E-state index in [0.29, 0.717) is 24.7 Å². The third kappa shape index (κ3) is 7.40. The second kappa shape index (κ2) is 14.0. The number of imidazole rings is 1. The molecule has 0 bridgehead atoms. The van der Waals surface area contributed by atoms with Crippen LogP contribution in [0.15, 0.2) is 91.8 Å². The van der Waals surface area contributed by atoms with E-state index in [1.54, 1.807) is 10.9 Å². The van der Waals surface area contributed by atoms with Gasteiger partial charge in [0.25, 0.3) is 0 Å². The first kappa shape index (κ1) is 29.8. The first-order chi connectivity index (χ1) is 20.4. The standard InChI is InChI=1S/C32H31Cl2N3O5/c1-2-14-40-32(39)35-17-22-4-3-5-26(15-22)23-10-12-25(13-11-23)31-41-27(18-37-20-36-29(33)30(37)34)16-28(42-31)24-8-6-21(19-38)7-9-24/h2-13,15,20,27-28,31,38H,1,14,16-19H2,(H,35,39)/t27-,28+,31+/m1/s1. The van der Waals surface area contributed by atoms with Crippen LogP contribution in [0.1, 0.15) is 41.1 Å². The van der Waals surface area contributed by atoms with Gasteiger partial charge in [-0.2, -0.15) is 0 Å². The Morgan fingerprint density at radius 3 is 2.50 bits per heavy atom. The van der Waals surface area contributed by atoms with Gasteiger partial charge < -0.3 is 29.2 Å². The van der Waals surface area contributed by atoms with E-state index in [1.165, 1.54) is 6.08 Å². The van der Waals surface area contributed by atoms with Gasteiger partial charge >= 0.3 is 6.09 Å². The molecule has 0 unspecified atom stereocenters. The maximum atomic E-state index is 11.8. The van der Waals surface area contributed by atoms with Crippen molar-refractivity contribution in [1.29, 1.82) is 0 Å². The number of rotatable bonds is 10. The molecular formula is C32H31Cl2N3O5. The quantitative estimate of drug-likeness (QED) is 0.188. The molecule has 1 aliphatic heterocycles. The molecule has 0 radical (unpaired) electrons. The number of amides is 1. The fourth-order valence-electron chi connectivity index (χ4n) is 4.78. The van der Waals surface area contributed by atoms with Gasteiger partial charge in [0, 0.05) is 18.5 Å². The molecule has 2 N–H and O–H groups in total. The zero-order valence-corrected chi connectivity index (χ0v) is 24.3. The number of nitrogens with zero attached hydrogens (tertiary/aromatic N) is 2. The van der Waals surface area contributed by atoms with E-state index in [2.05, 4.69) is 16.9 Å². The molecule has 218 valence electrons. The number of benzene rings is 3. The lowest BCUT2D eigenvalue weighted by molar-refractivity contribution is -0.252. The Kier molecular flexibility index (Phi) is 9.94. The Morgan fingerprint density at radius 2 is 1.81 bits per heavy atom. The molecule has 0 spiro atoms. The molecule has 0 aliphatic carbocycles. The highest BCUT2D eigenvalue weighted by atomic mass is 35.5. The number of ether oxygens (including phenoxy) is 3. The molecule has 1 aliphatic rings. The van der Waals surface area contributed by atoms with Crippen LogP contribution in [0.5, 0.6) is 0 Å². The minimum absolute atomic E-state index is 0.0197. The molecule has 1 fully saturated rings. The smallest absolute Gasteiger partial charge is 0.407 e. The topological polar surface area (TPSA) is 94.8 Å². The monoisotopic (exact) mass is 607 g/mol. The summed E-state index contributed by atoms with van der Waals surface area (Å²) in [5.41, 5.74) is 5.67. The van der Waals surface area contributed by atoms with Crippen LogP contribution in [0.3, 0.4) is 0 Å². The summed E-state index contributed by atoms with van der Waals surface area (Å²) < 4.78 is 19.6. The van der Waals surface area contributed by atoms with E-state index in [1.807, 2.05) is 72.8 Å². The molecule has 1 amide bonds. The molecule has 0 saturated carbocycles. The van der Waals surface area contributed by atoms with E-state index >= 15 is 0 Å². The van der Waals surface area contributed by atoms with Gasteiger partial charge in [-0.25, -0.2) is 9.78 Å². The van der Waals surface area contributed by atoms with E-state index in [9.17, 15) is 9.90 Å². The largest absolute Gasteiger partial charge is 0.445 e. The Balaban J connectivity index is 1.32. The highest BCUT2D eigenvalue weighted by Gasteiger charge is 2.33. The molecule has 3 atom stereocenters. The molecule has 8 nitrogen and oxygen atoms in total. The van der Waals surface area contributed by atoms with Crippen LogP contribution in [-0.2, 0) is 33.9 Å². The maximum absolute atomic E-state index is 11.8. The summed E-state index contributed by atoms with van der Waals surface area (Å²) in [6.45, 7) is 4.49. The second-order valence-corrected chi connectivity index (χ2v) is 10.6. The molecular weight excluding hydrogens is 577 g/mol. The second-order valence-electron chi connectivity index (χ2n) is 9.89. The van der Waals surface area contributed by atoms with E-state index in [-0.39, 0.29) is 30.6 Å². The summed E-state index contributed by atoms with van der Waals surface area (Å²) >= 11 is 12.4. The fourth-order valence-corrected chi connectivity index (χ4v) is 5.09. The highest BCUT2D eigenvalue weighted by Crippen LogP contribution is 2.39. The summed E-state index contributed by atoms with van der Waals surface area (Å²) in [4.78, 5) is 15.9. The number of nitrogens with one attached hydrogen (secondary N) is 1. The number of aromatic nitrogens is 2. The number of carbonyl (C=O) groups excluding carboxylic acids is 1. The lowest BCUT2D eigenvalue weighted by Gasteiger charge is -2.36. The van der Waals surface area contributed by atoms with Crippen LogP contribution in [0, 0.1) is 0 Å². The van der Waals surface area contributed by atoms with Crippen LogP contribution in [-0.4, -0.2) is 33.5 Å². The molecule has 10 heteroatoms. The number of halogens is 2. The summed E-state index contributed by atoms with van der Waals surface area (Å²) in [7, 11) is 0. The number of hydrogen-bond acceptors (Lipinski definition) is 6. The van der Waals surface area contributed by atoms with Gasteiger partial charge in [-0.05, 0) is 33.9 Å². The van der Waals surface area contributed by atoms with Crippen molar-refractivity contribution >= 4 is 29.3 Å². The van der Waals surface area contributed by atoms with Crippen LogP contribution in [0.2, 0.25) is 10.3 Å². The normalized spacial score (nSPS) is 18.4. The first-order valence-electron chi connectivity index (χ1n) is 13.5. The molecule has 3 aromatic carbocycles. The van der Waals surface area contributed by atoms with Gasteiger partial charge in [0.15, 0.2) is 11.4 Å². The highest BCUT2D eigenvalue weighted by molar-refractivity contribution is 6.40. The number of aliphatic hydroxyl groups excluding tert-OH is 1. The van der Waals surface area contributed by atoms with Crippen molar-refractivity contribution in [2.24, 2.45) is 0 Å². The number of alkyl carbamates (subject to hydrolysis) is 1. The van der Waals surface area contributed by atoms with E-state index in [4.69, 9.17) is 37.4 Å². The zero-order valence-electron chi connectivity index (χ0n) is 22.8. The predicted octanol–water partition coefficient (Wildman–Crippen LogP) is 7.01. The zero-order chi connectivity index (χ0) is 29.5. The van der Waals surface area contributed by atoms with E-state index in [0.717, 1.165) is 33.4 Å². The molecule has 42 heavy (non-hydrogen) atoms. The van der Waals surface area contributed by atoms with Gasteiger partial charge in [-0.15, -0.1) is 0 Å². The number of aliphatic hydroxyl groups is 1. The summed E-state index contributed by atoms with van der Waals surface area (Å²) in [6.07, 6.45) is 2.16. The van der Waals surface area contributed by atoms with Gasteiger partial charge in [0.05, 0.1) is 31.7 Å². The van der Waals surface area contributed by atoms with E-state index < -0.39 is 12.4 Å². The first-order valence-corrected chi connectivity index (χ1v) is 14.3. The molecule has 4 aromatic rings. The number of hydrogen-bond donors (Lipinski definition) is 2. The lowest BCUT2D eigenvalue weighted by Crippen LogP contribution is -2.32. The van der Waals surface area contributed by atoms with Crippen molar-refractivity contribution < 1.29 is 24.1 Å². The Morgan fingerprint density at radius 1 is 1.05 bits per heavy atom. The van der Waals surface area contributed by atoms with Gasteiger partial charge in [0.2, 0.25) is 0 Å². The van der Waals surface area contributed by atoms with Crippen LogP contribution in [0.25, 0.3) is 11.1 Å². The van der Waals surface area contributed by atoms with Crippen LogP contribution >= 0.6 is 23.2 Å². The average molecular weight is 609 g/mol. The average Bonchev–Trinajstić information content (AvgIpc) is 3.35. The molecule has 2 heterocycles. The minimum atomic E-state index is -0.616. The van der Waals surface area contributed by atoms with Crippen molar-refractivity contribution in [2.75, 3.05) is 6.61 Å². The minimum Gasteiger partial charge on any atom is -0.445 e.